The van der Waals surface area contributed by atoms with Crippen LogP contribution in [0.1, 0.15) is 18.6 Å². The predicted octanol–water partition coefficient (Wildman–Crippen LogP) is 3.90. The van der Waals surface area contributed by atoms with Crippen LogP contribution in [0, 0.1) is 20.2 Å². The van der Waals surface area contributed by atoms with Gasteiger partial charge in [-0.2, -0.15) is 0 Å². The van der Waals surface area contributed by atoms with Crippen LogP contribution in [0.15, 0.2) is 53.4 Å². The molecule has 0 amide bonds. The fraction of sp³-hybridized carbons (Fsp3) is 0.188. The average molecular weight is 362 g/mol. The number of carbonyl (C=O) groups excluding carboxylic acids is 1. The van der Waals surface area contributed by atoms with E-state index < -0.39 is 21.9 Å². The van der Waals surface area contributed by atoms with Crippen LogP contribution >= 0.6 is 11.8 Å². The number of ether oxygens (including phenoxy) is 1. The molecule has 0 bridgehead atoms. The molecule has 2 aromatic carbocycles. The van der Waals surface area contributed by atoms with Crippen molar-refractivity contribution in [1.29, 1.82) is 0 Å². The van der Waals surface area contributed by atoms with Crippen LogP contribution in [0.25, 0.3) is 0 Å². The van der Waals surface area contributed by atoms with Crippen molar-refractivity contribution in [2.45, 2.75) is 17.9 Å². The molecule has 8 nitrogen and oxygen atoms in total. The number of esters is 1. The highest BCUT2D eigenvalue weighted by Crippen LogP contribution is 2.29. The van der Waals surface area contributed by atoms with E-state index in [9.17, 15) is 25.0 Å². The van der Waals surface area contributed by atoms with E-state index >= 15 is 0 Å². The number of non-ortho nitro benzene ring substituents is 1. The topological polar surface area (TPSA) is 113 Å². The Hall–Kier alpha value is -2.94. The molecule has 0 aliphatic heterocycles. The van der Waals surface area contributed by atoms with Crippen LogP contribution in [0.2, 0.25) is 0 Å². The van der Waals surface area contributed by atoms with E-state index in [2.05, 4.69) is 0 Å². The first kappa shape index (κ1) is 18.4. The summed E-state index contributed by atoms with van der Waals surface area (Å²) in [4.78, 5) is 33.0. The van der Waals surface area contributed by atoms with Crippen molar-refractivity contribution in [3.8, 4) is 0 Å². The van der Waals surface area contributed by atoms with Crippen molar-refractivity contribution in [2.24, 2.45) is 0 Å². The molecule has 0 aliphatic carbocycles. The van der Waals surface area contributed by atoms with Crippen molar-refractivity contribution in [3.05, 3.63) is 74.3 Å². The molecule has 1 atom stereocenters. The van der Waals surface area contributed by atoms with Crippen LogP contribution in [0.5, 0.6) is 0 Å². The SMILES string of the molecule is C[C@@H](OC(=O)CSc1ccccc1[N+](=O)[O-])c1cccc([N+](=O)[O-])c1. The normalized spacial score (nSPS) is 11.6. The van der Waals surface area contributed by atoms with Crippen molar-refractivity contribution in [2.75, 3.05) is 5.75 Å². The molecule has 0 unspecified atom stereocenters. The number of rotatable bonds is 7. The number of carbonyl (C=O) groups is 1. The predicted molar refractivity (Wildman–Crippen MR) is 91.4 cm³/mol. The lowest BCUT2D eigenvalue weighted by atomic mass is 10.1. The molecule has 0 aromatic heterocycles. The zero-order valence-corrected chi connectivity index (χ0v) is 14.0. The maximum absolute atomic E-state index is 12.0. The van der Waals surface area contributed by atoms with Gasteiger partial charge in [0.15, 0.2) is 0 Å². The van der Waals surface area contributed by atoms with Crippen LogP contribution in [-0.4, -0.2) is 21.6 Å². The third-order valence-corrected chi connectivity index (χ3v) is 4.30. The second kappa shape index (κ2) is 8.25. The summed E-state index contributed by atoms with van der Waals surface area (Å²) in [6.07, 6.45) is -0.668. The molecule has 9 heteroatoms. The Labute approximate surface area is 147 Å². The number of nitrogens with zero attached hydrogens (tertiary/aromatic N) is 2. The highest BCUT2D eigenvalue weighted by atomic mass is 32.2. The Morgan fingerprint density at radius 2 is 1.84 bits per heavy atom. The number of benzene rings is 2. The summed E-state index contributed by atoms with van der Waals surface area (Å²) in [6, 6.07) is 11.9. The lowest BCUT2D eigenvalue weighted by Gasteiger charge is -2.13. The molecule has 0 saturated heterocycles. The van der Waals surface area contributed by atoms with Gasteiger partial charge in [-0.1, -0.05) is 24.3 Å². The number of thioether (sulfide) groups is 1. The van der Waals surface area contributed by atoms with Gasteiger partial charge < -0.3 is 4.74 Å². The fourth-order valence-corrected chi connectivity index (χ4v) is 2.86. The molecule has 2 rings (SSSR count). The van der Waals surface area contributed by atoms with Gasteiger partial charge in [0.2, 0.25) is 0 Å². The molecule has 0 saturated carbocycles. The Bertz CT molecular complexity index is 811. The Balaban J connectivity index is 1.97. The van der Waals surface area contributed by atoms with E-state index in [1.807, 2.05) is 0 Å². The molecule has 0 aliphatic rings. The second-order valence-corrected chi connectivity index (χ2v) is 6.01. The van der Waals surface area contributed by atoms with Crippen molar-refractivity contribution >= 4 is 29.1 Å². The zero-order chi connectivity index (χ0) is 18.4. The summed E-state index contributed by atoms with van der Waals surface area (Å²) in [5.41, 5.74) is 0.333. The van der Waals surface area contributed by atoms with Gasteiger partial charge in [0, 0.05) is 18.2 Å². The van der Waals surface area contributed by atoms with Gasteiger partial charge in [-0.05, 0) is 18.6 Å². The molecule has 0 spiro atoms. The minimum atomic E-state index is -0.668. The van der Waals surface area contributed by atoms with E-state index in [0.29, 0.717) is 10.5 Å². The number of hydrogen-bond acceptors (Lipinski definition) is 7. The third kappa shape index (κ3) is 5.01. The van der Waals surface area contributed by atoms with Gasteiger partial charge in [-0.25, -0.2) is 0 Å². The van der Waals surface area contributed by atoms with Crippen LogP contribution in [0.4, 0.5) is 11.4 Å². The van der Waals surface area contributed by atoms with Crippen LogP contribution in [0.3, 0.4) is 0 Å². The van der Waals surface area contributed by atoms with Gasteiger partial charge in [-0.3, -0.25) is 25.0 Å². The number of nitro groups is 2. The summed E-state index contributed by atoms with van der Waals surface area (Å²) < 4.78 is 5.24. The van der Waals surface area contributed by atoms with Crippen LogP contribution in [-0.2, 0) is 9.53 Å². The third-order valence-electron chi connectivity index (χ3n) is 3.27. The zero-order valence-electron chi connectivity index (χ0n) is 13.2. The Morgan fingerprint density at radius 1 is 1.12 bits per heavy atom. The first-order chi connectivity index (χ1) is 11.9. The van der Waals surface area contributed by atoms with E-state index in [-0.39, 0.29) is 17.1 Å². The molecule has 130 valence electrons. The van der Waals surface area contributed by atoms with Gasteiger partial charge in [0.25, 0.3) is 11.4 Å². The van der Waals surface area contributed by atoms with Gasteiger partial charge >= 0.3 is 5.97 Å². The summed E-state index contributed by atoms with van der Waals surface area (Å²) in [6.45, 7) is 1.60. The quantitative estimate of drug-likeness (QED) is 0.318. The van der Waals surface area contributed by atoms with E-state index in [1.54, 1.807) is 31.2 Å². The highest BCUT2D eigenvalue weighted by molar-refractivity contribution is 8.00. The molecule has 0 radical (unpaired) electrons. The van der Waals surface area contributed by atoms with E-state index in [1.165, 1.54) is 24.3 Å². The van der Waals surface area contributed by atoms with Crippen molar-refractivity contribution < 1.29 is 19.4 Å². The summed E-state index contributed by atoms with van der Waals surface area (Å²) in [7, 11) is 0. The summed E-state index contributed by atoms with van der Waals surface area (Å²) in [5.74, 6) is -0.674. The first-order valence-corrected chi connectivity index (χ1v) is 8.17. The van der Waals surface area contributed by atoms with E-state index in [4.69, 9.17) is 4.74 Å². The standard InChI is InChI=1S/C16H14N2O6S/c1-11(12-5-4-6-13(9-12)17(20)21)24-16(19)10-25-15-8-3-2-7-14(15)18(22)23/h2-9,11H,10H2,1H3/t11-/m1/s1. The van der Waals surface area contributed by atoms with Gasteiger partial charge in [-0.15, -0.1) is 11.8 Å². The molecule has 0 N–H and O–H groups in total. The van der Waals surface area contributed by atoms with Crippen molar-refractivity contribution in [1.82, 2.24) is 0 Å². The summed E-state index contributed by atoms with van der Waals surface area (Å²) >= 11 is 1.00. The Morgan fingerprint density at radius 3 is 2.52 bits per heavy atom. The van der Waals surface area contributed by atoms with E-state index in [0.717, 1.165) is 11.8 Å². The lowest BCUT2D eigenvalue weighted by Crippen LogP contribution is -2.11. The second-order valence-electron chi connectivity index (χ2n) is 5.00. The van der Waals surface area contributed by atoms with Gasteiger partial charge in [0.05, 0.1) is 20.5 Å². The van der Waals surface area contributed by atoms with Crippen molar-refractivity contribution in [3.63, 3.8) is 0 Å². The van der Waals surface area contributed by atoms with Gasteiger partial charge in [0.1, 0.15) is 6.10 Å². The maximum Gasteiger partial charge on any atom is 0.316 e. The number of para-hydroxylation sites is 1. The molecule has 25 heavy (non-hydrogen) atoms. The molecular weight excluding hydrogens is 348 g/mol. The minimum Gasteiger partial charge on any atom is -0.457 e. The van der Waals surface area contributed by atoms with Crippen LogP contribution < -0.4 is 0 Å². The fourth-order valence-electron chi connectivity index (χ4n) is 2.06. The number of hydrogen-bond donors (Lipinski definition) is 0. The minimum absolute atomic E-state index is 0.0768. The number of nitro benzene ring substituents is 2. The largest absolute Gasteiger partial charge is 0.457 e. The lowest BCUT2D eigenvalue weighted by molar-refractivity contribution is -0.387. The highest BCUT2D eigenvalue weighted by Gasteiger charge is 2.18. The molecule has 2 aromatic rings. The average Bonchev–Trinajstić information content (AvgIpc) is 2.60. The first-order valence-electron chi connectivity index (χ1n) is 7.18. The molecule has 0 heterocycles. The molecule has 0 fully saturated rings. The Kier molecular flexibility index (Phi) is 6.07. The maximum atomic E-state index is 12.0. The summed E-state index contributed by atoms with van der Waals surface area (Å²) in [5, 5.41) is 21.7. The monoisotopic (exact) mass is 362 g/mol. The molecular formula is C16H14N2O6S. The smallest absolute Gasteiger partial charge is 0.316 e.